The van der Waals surface area contributed by atoms with E-state index < -0.39 is 0 Å². The molecule has 2 aromatic rings. The largest absolute Gasteiger partial charge is 0.299 e. The summed E-state index contributed by atoms with van der Waals surface area (Å²) < 4.78 is 0. The third-order valence-corrected chi connectivity index (χ3v) is 7.18. The Hall–Kier alpha value is -1.71. The zero-order chi connectivity index (χ0) is 18.8. The van der Waals surface area contributed by atoms with Gasteiger partial charge in [-0.3, -0.25) is 14.8 Å². The lowest BCUT2D eigenvalue weighted by atomic mass is 9.71. The number of pyridine rings is 1. The average molecular weight is 376 g/mol. The molecule has 3 heterocycles. The van der Waals surface area contributed by atoms with E-state index in [4.69, 9.17) is 0 Å². The van der Waals surface area contributed by atoms with E-state index in [1.807, 2.05) is 12.3 Å². The Morgan fingerprint density at radius 2 is 1.71 bits per heavy atom. The molecule has 1 atom stereocenters. The smallest absolute Gasteiger partial charge is 0.0575 e. The Morgan fingerprint density at radius 1 is 0.893 bits per heavy atom. The molecule has 3 fully saturated rings. The molecule has 0 N–H and O–H groups in total. The topological polar surface area (TPSA) is 19.4 Å². The van der Waals surface area contributed by atoms with Gasteiger partial charge in [-0.25, -0.2) is 0 Å². The third kappa shape index (κ3) is 4.01. The van der Waals surface area contributed by atoms with Crippen molar-refractivity contribution >= 4 is 0 Å². The molecule has 1 aliphatic carbocycles. The summed E-state index contributed by atoms with van der Waals surface area (Å²) in [6, 6.07) is 16.5. The van der Waals surface area contributed by atoms with Gasteiger partial charge in [-0.05, 0) is 93.3 Å². The molecule has 148 valence electrons. The van der Waals surface area contributed by atoms with Crippen molar-refractivity contribution in [2.45, 2.75) is 57.0 Å². The molecule has 0 amide bonds. The first-order chi connectivity index (χ1) is 13.8. The van der Waals surface area contributed by atoms with Gasteiger partial charge in [-0.1, -0.05) is 30.3 Å². The van der Waals surface area contributed by atoms with Crippen LogP contribution in [0.1, 0.15) is 67.3 Å². The van der Waals surface area contributed by atoms with E-state index >= 15 is 0 Å². The fourth-order valence-corrected chi connectivity index (χ4v) is 5.54. The van der Waals surface area contributed by atoms with Gasteiger partial charge < -0.3 is 0 Å². The van der Waals surface area contributed by atoms with E-state index in [0.29, 0.717) is 6.04 Å². The number of likely N-dealkylation sites (tertiary alicyclic amines) is 2. The minimum atomic E-state index is 0.546. The molecule has 2 aliphatic heterocycles. The zero-order valence-corrected chi connectivity index (χ0v) is 17.0. The molecule has 1 aromatic heterocycles. The minimum absolute atomic E-state index is 0.546. The number of aromatic nitrogens is 1. The minimum Gasteiger partial charge on any atom is -0.299 e. The second-order valence-electron chi connectivity index (χ2n) is 9.17. The Balaban J connectivity index is 1.12. The summed E-state index contributed by atoms with van der Waals surface area (Å²) in [5.41, 5.74) is 4.31. The Morgan fingerprint density at radius 3 is 2.46 bits per heavy atom. The molecule has 28 heavy (non-hydrogen) atoms. The third-order valence-electron chi connectivity index (χ3n) is 7.18. The van der Waals surface area contributed by atoms with Crippen molar-refractivity contribution in [1.82, 2.24) is 14.8 Å². The summed E-state index contributed by atoms with van der Waals surface area (Å²) in [4.78, 5) is 9.91. The monoisotopic (exact) mass is 375 g/mol. The second-order valence-corrected chi connectivity index (χ2v) is 9.17. The Labute approximate surface area is 169 Å². The first-order valence-electron chi connectivity index (χ1n) is 11.3. The van der Waals surface area contributed by atoms with Crippen molar-refractivity contribution in [3.8, 4) is 0 Å². The number of rotatable bonds is 6. The van der Waals surface area contributed by atoms with Crippen molar-refractivity contribution < 1.29 is 0 Å². The van der Waals surface area contributed by atoms with Crippen LogP contribution in [0.15, 0.2) is 48.7 Å². The maximum Gasteiger partial charge on any atom is 0.0575 e. The van der Waals surface area contributed by atoms with Gasteiger partial charge in [-0.15, -0.1) is 0 Å². The molecule has 0 radical (unpaired) electrons. The molecule has 1 aromatic carbocycles. The lowest BCUT2D eigenvalue weighted by molar-refractivity contribution is 0.147. The van der Waals surface area contributed by atoms with Gasteiger partial charge in [0.1, 0.15) is 0 Å². The van der Waals surface area contributed by atoms with Crippen LogP contribution in [-0.4, -0.2) is 41.0 Å². The number of benzene rings is 1. The Kier molecular flexibility index (Phi) is 5.46. The molecule has 3 aliphatic rings. The van der Waals surface area contributed by atoms with Crippen molar-refractivity contribution in [2.75, 3.05) is 26.2 Å². The van der Waals surface area contributed by atoms with Crippen molar-refractivity contribution in [3.63, 3.8) is 0 Å². The van der Waals surface area contributed by atoms with Crippen LogP contribution in [0.4, 0.5) is 0 Å². The van der Waals surface area contributed by atoms with Gasteiger partial charge in [0.2, 0.25) is 0 Å². The van der Waals surface area contributed by atoms with E-state index in [2.05, 4.69) is 51.2 Å². The van der Waals surface area contributed by atoms with Crippen LogP contribution in [0.5, 0.6) is 0 Å². The highest BCUT2D eigenvalue weighted by molar-refractivity contribution is 5.27. The first-order valence-corrected chi connectivity index (χ1v) is 11.3. The van der Waals surface area contributed by atoms with Crippen LogP contribution in [-0.2, 0) is 6.54 Å². The number of hydrogen-bond acceptors (Lipinski definition) is 3. The van der Waals surface area contributed by atoms with Crippen LogP contribution in [0.25, 0.3) is 0 Å². The Bertz CT molecular complexity index is 745. The van der Waals surface area contributed by atoms with Gasteiger partial charge in [0.05, 0.1) is 11.7 Å². The highest BCUT2D eigenvalue weighted by Gasteiger charge is 2.35. The van der Waals surface area contributed by atoms with E-state index in [-0.39, 0.29) is 0 Å². The fraction of sp³-hybridized carbons (Fsp3) is 0.560. The summed E-state index contributed by atoms with van der Waals surface area (Å²) in [7, 11) is 0. The molecular weight excluding hydrogens is 342 g/mol. The molecule has 5 rings (SSSR count). The molecule has 3 heteroatoms. The molecule has 0 spiro atoms. The summed E-state index contributed by atoms with van der Waals surface area (Å²) in [6.07, 6.45) is 9.99. The molecular formula is C25H33N3. The fourth-order valence-electron chi connectivity index (χ4n) is 5.54. The normalized spacial score (nSPS) is 28.5. The summed E-state index contributed by atoms with van der Waals surface area (Å²) in [5.74, 6) is 1.64. The van der Waals surface area contributed by atoms with Gasteiger partial charge in [0.15, 0.2) is 0 Å². The molecule has 0 bridgehead atoms. The lowest BCUT2D eigenvalue weighted by Crippen LogP contribution is -2.35. The van der Waals surface area contributed by atoms with Crippen molar-refractivity contribution in [3.05, 3.63) is 65.5 Å². The maximum absolute atomic E-state index is 4.62. The highest BCUT2D eigenvalue weighted by atomic mass is 15.2. The predicted octanol–water partition coefficient (Wildman–Crippen LogP) is 5.01. The number of hydrogen-bond donors (Lipinski definition) is 0. The van der Waals surface area contributed by atoms with E-state index in [1.54, 1.807) is 5.56 Å². The van der Waals surface area contributed by atoms with Crippen LogP contribution in [0.3, 0.4) is 0 Å². The summed E-state index contributed by atoms with van der Waals surface area (Å²) >= 11 is 0. The molecule has 2 saturated heterocycles. The van der Waals surface area contributed by atoms with Crippen LogP contribution >= 0.6 is 0 Å². The first kappa shape index (κ1) is 18.3. The van der Waals surface area contributed by atoms with E-state index in [0.717, 1.165) is 18.4 Å². The number of nitrogens with zero attached hydrogens (tertiary/aromatic N) is 3. The average Bonchev–Trinajstić information content (AvgIpc) is 3.38. The quantitative estimate of drug-likeness (QED) is 0.708. The van der Waals surface area contributed by atoms with Gasteiger partial charge in [0.25, 0.3) is 0 Å². The summed E-state index contributed by atoms with van der Waals surface area (Å²) in [6.45, 7) is 6.19. The molecule has 1 unspecified atom stereocenters. The summed E-state index contributed by atoms with van der Waals surface area (Å²) in [5, 5.41) is 0. The van der Waals surface area contributed by atoms with Gasteiger partial charge in [-0.2, -0.15) is 0 Å². The zero-order valence-electron chi connectivity index (χ0n) is 17.0. The second kappa shape index (κ2) is 8.34. The van der Waals surface area contributed by atoms with Crippen molar-refractivity contribution in [1.29, 1.82) is 0 Å². The van der Waals surface area contributed by atoms with E-state index in [9.17, 15) is 0 Å². The van der Waals surface area contributed by atoms with Crippen LogP contribution < -0.4 is 0 Å². The lowest BCUT2D eigenvalue weighted by Gasteiger charge is -2.39. The standard InChI is InChI=1S/C25H33N3/c1-2-12-26-24(6-1)25-7-5-15-28(25)19-21-16-23(17-21)22-10-8-20(9-11-22)18-27-13-3-4-14-27/h1-2,6,8-12,21,23,25H,3-5,7,13-19H2. The molecule has 3 nitrogen and oxygen atoms in total. The van der Waals surface area contributed by atoms with E-state index in [1.165, 1.54) is 76.0 Å². The van der Waals surface area contributed by atoms with Gasteiger partial charge in [0, 0.05) is 19.3 Å². The van der Waals surface area contributed by atoms with Crippen LogP contribution in [0, 0.1) is 5.92 Å². The molecule has 1 saturated carbocycles. The SMILES string of the molecule is c1ccc(C2CCCN2CC2CC(c3ccc(CN4CCCC4)cc3)C2)nc1. The van der Waals surface area contributed by atoms with Gasteiger partial charge >= 0.3 is 0 Å². The predicted molar refractivity (Wildman–Crippen MR) is 114 cm³/mol. The maximum atomic E-state index is 4.62. The van der Waals surface area contributed by atoms with Crippen LogP contribution in [0.2, 0.25) is 0 Å². The highest BCUT2D eigenvalue weighted by Crippen LogP contribution is 2.44. The van der Waals surface area contributed by atoms with Crippen molar-refractivity contribution in [2.24, 2.45) is 5.92 Å².